The standard InChI is InChI=1S/C17H21N3O4/c1-10-16(22)20-13-9-12(6-7-14(13)24-10)19-15(21)3-2-8-18-17(23)11-4-5-11/h6-7,9-11H,2-5,8H2,1H3,(H,18,23)(H,19,21)(H,20,22). The van der Waals surface area contributed by atoms with Crippen LogP contribution in [0, 0.1) is 5.92 Å². The van der Waals surface area contributed by atoms with Crippen molar-refractivity contribution in [3.8, 4) is 5.75 Å². The van der Waals surface area contributed by atoms with E-state index in [1.54, 1.807) is 25.1 Å². The highest BCUT2D eigenvalue weighted by atomic mass is 16.5. The summed E-state index contributed by atoms with van der Waals surface area (Å²) in [6.07, 6.45) is 2.34. The second kappa shape index (κ2) is 6.90. The highest BCUT2D eigenvalue weighted by Crippen LogP contribution is 2.32. The van der Waals surface area contributed by atoms with Gasteiger partial charge in [0.15, 0.2) is 6.10 Å². The third kappa shape index (κ3) is 4.04. The molecule has 7 nitrogen and oxygen atoms in total. The molecular formula is C17H21N3O4. The Morgan fingerprint density at radius 2 is 2.12 bits per heavy atom. The summed E-state index contributed by atoms with van der Waals surface area (Å²) in [5, 5.41) is 8.36. The molecule has 1 saturated carbocycles. The van der Waals surface area contributed by atoms with Gasteiger partial charge in [-0.2, -0.15) is 0 Å². The summed E-state index contributed by atoms with van der Waals surface area (Å²) in [5.74, 6) is 0.525. The van der Waals surface area contributed by atoms with Crippen LogP contribution in [-0.4, -0.2) is 30.4 Å². The van der Waals surface area contributed by atoms with Crippen LogP contribution in [0.5, 0.6) is 5.75 Å². The second-order valence-electron chi connectivity index (χ2n) is 6.18. The van der Waals surface area contributed by atoms with E-state index in [0.29, 0.717) is 36.5 Å². The molecule has 3 amide bonds. The Morgan fingerprint density at radius 3 is 2.88 bits per heavy atom. The molecule has 1 atom stereocenters. The maximum atomic E-state index is 11.9. The minimum Gasteiger partial charge on any atom is -0.479 e. The van der Waals surface area contributed by atoms with Crippen LogP contribution < -0.4 is 20.7 Å². The third-order valence-electron chi connectivity index (χ3n) is 4.02. The van der Waals surface area contributed by atoms with Gasteiger partial charge >= 0.3 is 0 Å². The van der Waals surface area contributed by atoms with Gasteiger partial charge in [-0.15, -0.1) is 0 Å². The van der Waals surface area contributed by atoms with Gasteiger partial charge in [0.05, 0.1) is 5.69 Å². The normalized spacial score (nSPS) is 18.9. The molecule has 1 aromatic carbocycles. The lowest BCUT2D eigenvalue weighted by Crippen LogP contribution is -2.34. The Hall–Kier alpha value is -2.57. The van der Waals surface area contributed by atoms with Crippen molar-refractivity contribution in [1.29, 1.82) is 0 Å². The fourth-order valence-corrected chi connectivity index (χ4v) is 2.46. The van der Waals surface area contributed by atoms with Crippen LogP contribution in [0.2, 0.25) is 0 Å². The van der Waals surface area contributed by atoms with Crippen molar-refractivity contribution in [2.75, 3.05) is 17.2 Å². The topological polar surface area (TPSA) is 96.5 Å². The van der Waals surface area contributed by atoms with Gasteiger partial charge in [-0.05, 0) is 44.4 Å². The molecule has 0 radical (unpaired) electrons. The highest BCUT2D eigenvalue weighted by molar-refractivity contribution is 5.99. The number of hydrogen-bond acceptors (Lipinski definition) is 4. The first-order valence-corrected chi connectivity index (χ1v) is 8.22. The molecule has 1 aromatic rings. The van der Waals surface area contributed by atoms with Crippen molar-refractivity contribution in [1.82, 2.24) is 5.32 Å². The molecule has 1 aliphatic heterocycles. The van der Waals surface area contributed by atoms with E-state index in [4.69, 9.17) is 4.74 Å². The summed E-state index contributed by atoms with van der Waals surface area (Å²) in [6.45, 7) is 2.19. The average Bonchev–Trinajstić information content (AvgIpc) is 3.38. The lowest BCUT2D eigenvalue weighted by Gasteiger charge is -2.23. The van der Waals surface area contributed by atoms with E-state index in [1.807, 2.05) is 0 Å². The lowest BCUT2D eigenvalue weighted by molar-refractivity contribution is -0.123. The molecule has 0 aromatic heterocycles. The van der Waals surface area contributed by atoms with Gasteiger partial charge in [0.2, 0.25) is 11.8 Å². The Balaban J connectivity index is 1.45. The molecule has 1 heterocycles. The second-order valence-corrected chi connectivity index (χ2v) is 6.18. The number of benzene rings is 1. The maximum Gasteiger partial charge on any atom is 0.265 e. The third-order valence-corrected chi connectivity index (χ3v) is 4.02. The van der Waals surface area contributed by atoms with Crippen molar-refractivity contribution in [2.24, 2.45) is 5.92 Å². The molecule has 7 heteroatoms. The van der Waals surface area contributed by atoms with Crippen molar-refractivity contribution >= 4 is 29.1 Å². The van der Waals surface area contributed by atoms with E-state index in [1.165, 1.54) is 0 Å². The van der Waals surface area contributed by atoms with E-state index in [2.05, 4.69) is 16.0 Å². The number of hydrogen-bond donors (Lipinski definition) is 3. The zero-order valence-electron chi connectivity index (χ0n) is 13.6. The molecule has 0 spiro atoms. The molecule has 0 saturated heterocycles. The van der Waals surface area contributed by atoms with E-state index in [-0.39, 0.29) is 23.6 Å². The highest BCUT2D eigenvalue weighted by Gasteiger charge is 2.29. The first-order chi connectivity index (χ1) is 11.5. The molecule has 0 bridgehead atoms. The molecule has 1 unspecified atom stereocenters. The number of nitrogens with one attached hydrogen (secondary N) is 3. The molecule has 24 heavy (non-hydrogen) atoms. The predicted octanol–water partition coefficient (Wildman–Crippen LogP) is 1.65. The van der Waals surface area contributed by atoms with E-state index < -0.39 is 6.10 Å². The number of ether oxygens (including phenoxy) is 1. The van der Waals surface area contributed by atoms with Gasteiger partial charge in [-0.3, -0.25) is 14.4 Å². The molecular weight excluding hydrogens is 310 g/mol. The van der Waals surface area contributed by atoms with Gasteiger partial charge in [0.1, 0.15) is 5.75 Å². The van der Waals surface area contributed by atoms with Gasteiger partial charge in [0, 0.05) is 24.6 Å². The number of fused-ring (bicyclic) bond motifs is 1. The Kier molecular flexibility index (Phi) is 4.69. The van der Waals surface area contributed by atoms with Crippen LogP contribution in [0.3, 0.4) is 0 Å². The SMILES string of the molecule is CC1Oc2ccc(NC(=O)CCCNC(=O)C3CC3)cc2NC1=O. The van der Waals surface area contributed by atoms with Crippen molar-refractivity contribution in [3.63, 3.8) is 0 Å². The largest absolute Gasteiger partial charge is 0.479 e. The lowest BCUT2D eigenvalue weighted by atomic mass is 10.2. The number of rotatable bonds is 6. The molecule has 1 aliphatic carbocycles. The zero-order chi connectivity index (χ0) is 17.1. The van der Waals surface area contributed by atoms with Crippen molar-refractivity contribution in [2.45, 2.75) is 38.7 Å². The molecule has 3 N–H and O–H groups in total. The first kappa shape index (κ1) is 16.3. The van der Waals surface area contributed by atoms with Crippen LogP contribution in [-0.2, 0) is 14.4 Å². The zero-order valence-corrected chi connectivity index (χ0v) is 13.6. The minimum atomic E-state index is -0.524. The number of anilines is 2. The Bertz CT molecular complexity index is 670. The fraction of sp³-hybridized carbons (Fsp3) is 0.471. The van der Waals surface area contributed by atoms with Crippen LogP contribution in [0.1, 0.15) is 32.6 Å². The summed E-state index contributed by atoms with van der Waals surface area (Å²) < 4.78 is 5.47. The summed E-state index contributed by atoms with van der Waals surface area (Å²) >= 11 is 0. The minimum absolute atomic E-state index is 0.0927. The predicted molar refractivity (Wildman–Crippen MR) is 88.8 cm³/mol. The molecule has 2 aliphatic rings. The van der Waals surface area contributed by atoms with E-state index in [0.717, 1.165) is 12.8 Å². The van der Waals surface area contributed by atoms with E-state index >= 15 is 0 Å². The maximum absolute atomic E-state index is 11.9. The average molecular weight is 331 g/mol. The van der Waals surface area contributed by atoms with Crippen LogP contribution in [0.15, 0.2) is 18.2 Å². The Morgan fingerprint density at radius 1 is 1.33 bits per heavy atom. The smallest absolute Gasteiger partial charge is 0.265 e. The first-order valence-electron chi connectivity index (χ1n) is 8.22. The van der Waals surface area contributed by atoms with Crippen LogP contribution in [0.25, 0.3) is 0 Å². The molecule has 1 fully saturated rings. The molecule has 3 rings (SSSR count). The monoisotopic (exact) mass is 331 g/mol. The fourth-order valence-electron chi connectivity index (χ4n) is 2.46. The van der Waals surface area contributed by atoms with Gasteiger partial charge in [0.25, 0.3) is 5.91 Å². The molecule has 128 valence electrons. The number of amides is 3. The van der Waals surface area contributed by atoms with Crippen LogP contribution in [0.4, 0.5) is 11.4 Å². The van der Waals surface area contributed by atoms with E-state index in [9.17, 15) is 14.4 Å². The van der Waals surface area contributed by atoms with Crippen LogP contribution >= 0.6 is 0 Å². The van der Waals surface area contributed by atoms with Gasteiger partial charge < -0.3 is 20.7 Å². The summed E-state index contributed by atoms with van der Waals surface area (Å²) in [7, 11) is 0. The quantitative estimate of drug-likeness (QED) is 0.691. The summed E-state index contributed by atoms with van der Waals surface area (Å²) in [6, 6.07) is 5.12. The Labute approximate surface area is 140 Å². The number of carbonyl (C=O) groups is 3. The summed E-state index contributed by atoms with van der Waals surface area (Å²) in [5.41, 5.74) is 1.15. The van der Waals surface area contributed by atoms with Gasteiger partial charge in [-0.1, -0.05) is 0 Å². The van der Waals surface area contributed by atoms with Crippen molar-refractivity contribution in [3.05, 3.63) is 18.2 Å². The summed E-state index contributed by atoms with van der Waals surface area (Å²) in [4.78, 5) is 35.0. The van der Waals surface area contributed by atoms with Gasteiger partial charge in [-0.25, -0.2) is 0 Å². The van der Waals surface area contributed by atoms with Crippen molar-refractivity contribution < 1.29 is 19.1 Å². The number of carbonyl (C=O) groups excluding carboxylic acids is 3.